The quantitative estimate of drug-likeness (QED) is 0.768. The number of nitrogens with zero attached hydrogens (tertiary/aromatic N) is 1. The first kappa shape index (κ1) is 10.2. The number of aryl methyl sites for hydroxylation is 1. The van der Waals surface area contributed by atoms with Crippen molar-refractivity contribution in [3.8, 4) is 0 Å². The minimum atomic E-state index is 0.256. The average Bonchev–Trinajstić information content (AvgIpc) is 2.15. The Bertz CT molecular complexity index is 241. The van der Waals surface area contributed by atoms with Crippen molar-refractivity contribution in [2.75, 3.05) is 6.61 Å². The zero-order valence-corrected chi connectivity index (χ0v) is 8.33. The molecule has 0 atom stereocenters. The van der Waals surface area contributed by atoms with Crippen molar-refractivity contribution >= 4 is 0 Å². The summed E-state index contributed by atoms with van der Waals surface area (Å²) < 4.78 is 0. The van der Waals surface area contributed by atoms with E-state index in [0.717, 1.165) is 18.5 Å². The first-order valence-corrected chi connectivity index (χ1v) is 4.79. The van der Waals surface area contributed by atoms with Gasteiger partial charge in [-0.15, -0.1) is 0 Å². The third-order valence-electron chi connectivity index (χ3n) is 2.06. The zero-order chi connectivity index (χ0) is 9.68. The standard InChI is InChI=1S/C11H17NO/c1-9(2)11-6-5-10(8-12-11)4-3-7-13/h5-6,8-9,13H,3-4,7H2,1-2H3. The van der Waals surface area contributed by atoms with Crippen LogP contribution in [-0.2, 0) is 6.42 Å². The maximum atomic E-state index is 8.65. The highest BCUT2D eigenvalue weighted by Gasteiger charge is 1.99. The lowest BCUT2D eigenvalue weighted by atomic mass is 10.1. The van der Waals surface area contributed by atoms with Gasteiger partial charge >= 0.3 is 0 Å². The van der Waals surface area contributed by atoms with Gasteiger partial charge in [-0.1, -0.05) is 19.9 Å². The highest BCUT2D eigenvalue weighted by Crippen LogP contribution is 2.11. The third-order valence-corrected chi connectivity index (χ3v) is 2.06. The molecule has 0 saturated heterocycles. The smallest absolute Gasteiger partial charge is 0.0434 e. The van der Waals surface area contributed by atoms with Gasteiger partial charge in [0.05, 0.1) is 0 Å². The van der Waals surface area contributed by atoms with E-state index in [2.05, 4.69) is 31.0 Å². The summed E-state index contributed by atoms with van der Waals surface area (Å²) in [6, 6.07) is 4.16. The van der Waals surface area contributed by atoms with Gasteiger partial charge in [0.15, 0.2) is 0 Å². The minimum Gasteiger partial charge on any atom is -0.396 e. The number of aromatic nitrogens is 1. The molecule has 0 bridgehead atoms. The van der Waals surface area contributed by atoms with Crippen molar-refractivity contribution in [2.45, 2.75) is 32.6 Å². The maximum absolute atomic E-state index is 8.65. The lowest BCUT2D eigenvalue weighted by molar-refractivity contribution is 0.288. The van der Waals surface area contributed by atoms with Gasteiger partial charge in [-0.3, -0.25) is 4.98 Å². The van der Waals surface area contributed by atoms with Crippen LogP contribution in [0.5, 0.6) is 0 Å². The Kier molecular flexibility index (Phi) is 3.90. The Morgan fingerprint density at radius 3 is 2.62 bits per heavy atom. The van der Waals surface area contributed by atoms with E-state index in [1.807, 2.05) is 6.20 Å². The van der Waals surface area contributed by atoms with E-state index in [-0.39, 0.29) is 6.61 Å². The zero-order valence-electron chi connectivity index (χ0n) is 8.33. The van der Waals surface area contributed by atoms with Crippen molar-refractivity contribution < 1.29 is 5.11 Å². The van der Waals surface area contributed by atoms with E-state index in [4.69, 9.17) is 5.11 Å². The molecule has 0 aliphatic carbocycles. The van der Waals surface area contributed by atoms with Crippen LogP contribution in [0.2, 0.25) is 0 Å². The van der Waals surface area contributed by atoms with E-state index >= 15 is 0 Å². The first-order chi connectivity index (χ1) is 6.24. The summed E-state index contributed by atoms with van der Waals surface area (Å²) in [5.74, 6) is 0.492. The molecule has 0 aliphatic heterocycles. The van der Waals surface area contributed by atoms with Crippen molar-refractivity contribution in [1.82, 2.24) is 4.98 Å². The fourth-order valence-corrected chi connectivity index (χ4v) is 1.21. The Hall–Kier alpha value is -0.890. The predicted molar refractivity (Wildman–Crippen MR) is 53.7 cm³/mol. The molecule has 0 spiro atoms. The topological polar surface area (TPSA) is 33.1 Å². The molecule has 0 radical (unpaired) electrons. The fraction of sp³-hybridized carbons (Fsp3) is 0.545. The molecular formula is C11H17NO. The number of rotatable bonds is 4. The van der Waals surface area contributed by atoms with Crippen molar-refractivity contribution in [1.29, 1.82) is 0 Å². The summed E-state index contributed by atoms with van der Waals surface area (Å²) in [4.78, 5) is 4.35. The molecule has 2 heteroatoms. The monoisotopic (exact) mass is 179 g/mol. The van der Waals surface area contributed by atoms with Crippen molar-refractivity contribution in [3.63, 3.8) is 0 Å². The summed E-state index contributed by atoms with van der Waals surface area (Å²) in [5, 5.41) is 8.65. The fourth-order valence-electron chi connectivity index (χ4n) is 1.21. The molecule has 1 N–H and O–H groups in total. The number of aliphatic hydroxyl groups is 1. The molecule has 0 aromatic carbocycles. The van der Waals surface area contributed by atoms with Crippen LogP contribution in [0.25, 0.3) is 0 Å². The van der Waals surface area contributed by atoms with E-state index in [1.165, 1.54) is 5.56 Å². The van der Waals surface area contributed by atoms with Crippen molar-refractivity contribution in [3.05, 3.63) is 29.6 Å². The molecule has 2 nitrogen and oxygen atoms in total. The summed E-state index contributed by atoms with van der Waals surface area (Å²) in [7, 11) is 0. The molecular weight excluding hydrogens is 162 g/mol. The second kappa shape index (κ2) is 4.97. The Balaban J connectivity index is 2.59. The van der Waals surface area contributed by atoms with Gasteiger partial charge in [-0.05, 0) is 30.4 Å². The summed E-state index contributed by atoms with van der Waals surface area (Å²) in [5.41, 5.74) is 2.34. The minimum absolute atomic E-state index is 0.256. The lowest BCUT2D eigenvalue weighted by Gasteiger charge is -2.04. The van der Waals surface area contributed by atoms with Gasteiger partial charge in [-0.25, -0.2) is 0 Å². The van der Waals surface area contributed by atoms with Crippen LogP contribution >= 0.6 is 0 Å². The van der Waals surface area contributed by atoms with E-state index in [0.29, 0.717) is 5.92 Å². The van der Waals surface area contributed by atoms with E-state index in [1.54, 1.807) is 0 Å². The molecule has 0 saturated carbocycles. The van der Waals surface area contributed by atoms with Crippen LogP contribution in [-0.4, -0.2) is 16.7 Å². The number of aliphatic hydroxyl groups excluding tert-OH is 1. The molecule has 0 unspecified atom stereocenters. The molecule has 0 aliphatic rings. The normalized spacial score (nSPS) is 10.8. The molecule has 1 aromatic heterocycles. The molecule has 1 heterocycles. The second-order valence-electron chi connectivity index (χ2n) is 3.57. The van der Waals surface area contributed by atoms with Gasteiger partial charge in [0.2, 0.25) is 0 Å². The van der Waals surface area contributed by atoms with Crippen LogP contribution in [0, 0.1) is 0 Å². The van der Waals surface area contributed by atoms with Crippen LogP contribution in [0.1, 0.15) is 37.4 Å². The predicted octanol–water partition coefficient (Wildman–Crippen LogP) is 2.13. The largest absolute Gasteiger partial charge is 0.396 e. The van der Waals surface area contributed by atoms with E-state index < -0.39 is 0 Å². The maximum Gasteiger partial charge on any atom is 0.0434 e. The van der Waals surface area contributed by atoms with Gasteiger partial charge in [-0.2, -0.15) is 0 Å². The third kappa shape index (κ3) is 3.15. The Morgan fingerprint density at radius 2 is 2.15 bits per heavy atom. The van der Waals surface area contributed by atoms with Crippen LogP contribution in [0.15, 0.2) is 18.3 Å². The van der Waals surface area contributed by atoms with Gasteiger partial charge < -0.3 is 5.11 Å². The van der Waals surface area contributed by atoms with Crippen LogP contribution < -0.4 is 0 Å². The highest BCUT2D eigenvalue weighted by atomic mass is 16.2. The van der Waals surface area contributed by atoms with Gasteiger partial charge in [0.25, 0.3) is 0 Å². The molecule has 0 fully saturated rings. The van der Waals surface area contributed by atoms with Crippen molar-refractivity contribution in [2.24, 2.45) is 0 Å². The van der Waals surface area contributed by atoms with Gasteiger partial charge in [0.1, 0.15) is 0 Å². The lowest BCUT2D eigenvalue weighted by Crippen LogP contribution is -1.95. The van der Waals surface area contributed by atoms with E-state index in [9.17, 15) is 0 Å². The number of hydrogen-bond donors (Lipinski definition) is 1. The summed E-state index contributed by atoms with van der Waals surface area (Å²) >= 11 is 0. The highest BCUT2D eigenvalue weighted by molar-refractivity contribution is 5.16. The summed E-state index contributed by atoms with van der Waals surface area (Å²) in [6.45, 7) is 4.53. The molecule has 13 heavy (non-hydrogen) atoms. The molecule has 0 amide bonds. The Morgan fingerprint density at radius 1 is 1.38 bits per heavy atom. The molecule has 1 rings (SSSR count). The Labute approximate surface area is 79.6 Å². The number of hydrogen-bond acceptors (Lipinski definition) is 2. The first-order valence-electron chi connectivity index (χ1n) is 4.79. The number of pyridine rings is 1. The molecule has 1 aromatic rings. The van der Waals surface area contributed by atoms with Crippen LogP contribution in [0.3, 0.4) is 0 Å². The molecule has 72 valence electrons. The SMILES string of the molecule is CC(C)c1ccc(CCCO)cn1. The summed E-state index contributed by atoms with van der Waals surface area (Å²) in [6.07, 6.45) is 3.65. The second-order valence-corrected chi connectivity index (χ2v) is 3.57. The van der Waals surface area contributed by atoms with Crippen LogP contribution in [0.4, 0.5) is 0 Å². The van der Waals surface area contributed by atoms with Gasteiger partial charge in [0, 0.05) is 18.5 Å². The average molecular weight is 179 g/mol.